The number of rotatable bonds is 4. The van der Waals surface area contributed by atoms with Gasteiger partial charge in [0.05, 0.1) is 0 Å². The average Bonchev–Trinajstić information content (AvgIpc) is 3.24. The van der Waals surface area contributed by atoms with E-state index in [0.29, 0.717) is 11.1 Å². The zero-order valence-corrected chi connectivity index (χ0v) is 21.0. The second kappa shape index (κ2) is 9.66. The summed E-state index contributed by atoms with van der Waals surface area (Å²) in [5.74, 6) is -2.31. The van der Waals surface area contributed by atoms with Crippen molar-refractivity contribution in [2.45, 2.75) is 13.8 Å². The maximum Gasteiger partial charge on any atom is 0.286 e. The third-order valence-electron chi connectivity index (χ3n) is 4.95. The lowest BCUT2D eigenvalue weighted by Gasteiger charge is -2.17. The minimum atomic E-state index is -0.650. The van der Waals surface area contributed by atoms with Crippen LogP contribution in [-0.2, 0) is 9.59 Å². The molecular formula is C22H16N4O4S4. The largest absolute Gasteiger partial charge is 0.286 e. The number of nitrogens with zero attached hydrogens (tertiary/aromatic N) is 2. The predicted molar refractivity (Wildman–Crippen MR) is 138 cm³/mol. The van der Waals surface area contributed by atoms with Gasteiger partial charge in [-0.3, -0.25) is 30.0 Å². The topological polar surface area (TPSA) is 98.8 Å². The Kier molecular flexibility index (Phi) is 6.84. The highest BCUT2D eigenvalue weighted by atomic mass is 32.2. The van der Waals surface area contributed by atoms with Gasteiger partial charge >= 0.3 is 0 Å². The van der Waals surface area contributed by atoms with Crippen molar-refractivity contribution in [2.24, 2.45) is 0 Å². The highest BCUT2D eigenvalue weighted by Gasteiger charge is 2.43. The van der Waals surface area contributed by atoms with Crippen LogP contribution in [0.25, 0.3) is 0 Å². The Balaban J connectivity index is 1.53. The van der Waals surface area contributed by atoms with Crippen LogP contribution in [0.2, 0.25) is 0 Å². The average molecular weight is 529 g/mol. The van der Waals surface area contributed by atoms with Crippen molar-refractivity contribution in [1.29, 1.82) is 0 Å². The molecule has 34 heavy (non-hydrogen) atoms. The molecule has 2 aromatic carbocycles. The maximum absolute atomic E-state index is 13.0. The summed E-state index contributed by atoms with van der Waals surface area (Å²) in [6.45, 7) is 3.55. The second-order valence-electron chi connectivity index (χ2n) is 7.19. The summed E-state index contributed by atoms with van der Waals surface area (Å²) >= 11 is 12.3. The molecule has 2 N–H and O–H groups in total. The molecule has 0 saturated carbocycles. The normalized spacial score (nSPS) is 18.1. The second-order valence-corrected chi connectivity index (χ2v) is 10.5. The Bertz CT molecular complexity index is 1220. The summed E-state index contributed by atoms with van der Waals surface area (Å²) in [6.07, 6.45) is 0. The molecule has 0 aromatic heterocycles. The smallest absolute Gasteiger partial charge is 0.267 e. The van der Waals surface area contributed by atoms with Gasteiger partial charge in [0, 0.05) is 11.1 Å². The molecule has 172 valence electrons. The molecule has 0 aliphatic carbocycles. The van der Waals surface area contributed by atoms with E-state index < -0.39 is 23.6 Å². The number of carbonyl (C=O) groups is 4. The fourth-order valence-corrected chi connectivity index (χ4v) is 5.69. The first kappa shape index (κ1) is 24.1. The van der Waals surface area contributed by atoms with Crippen molar-refractivity contribution in [1.82, 2.24) is 20.9 Å². The van der Waals surface area contributed by atoms with Crippen LogP contribution in [0, 0.1) is 13.8 Å². The molecule has 4 rings (SSSR count). The van der Waals surface area contributed by atoms with Gasteiger partial charge in [-0.1, -0.05) is 59.9 Å². The number of thioether (sulfide) groups is 2. The van der Waals surface area contributed by atoms with Crippen molar-refractivity contribution in [3.8, 4) is 0 Å². The lowest BCUT2D eigenvalue weighted by Crippen LogP contribution is -2.46. The molecule has 4 amide bonds. The first-order valence-corrected chi connectivity index (χ1v) is 12.2. The molecular weight excluding hydrogens is 513 g/mol. The van der Waals surface area contributed by atoms with Crippen LogP contribution >= 0.6 is 48.0 Å². The molecule has 12 heteroatoms. The number of amides is 4. The van der Waals surface area contributed by atoms with Gasteiger partial charge < -0.3 is 0 Å². The van der Waals surface area contributed by atoms with Crippen LogP contribution < -0.4 is 10.9 Å². The third kappa shape index (κ3) is 4.49. The van der Waals surface area contributed by atoms with E-state index in [4.69, 9.17) is 24.4 Å². The quantitative estimate of drug-likeness (QED) is 0.461. The van der Waals surface area contributed by atoms with E-state index in [0.717, 1.165) is 44.7 Å². The number of thiocarbonyl (C=S) groups is 2. The zero-order chi connectivity index (χ0) is 24.6. The highest BCUT2D eigenvalue weighted by Crippen LogP contribution is 2.41. The van der Waals surface area contributed by atoms with Gasteiger partial charge in [0.15, 0.2) is 8.64 Å². The number of hydrogen-bond donors (Lipinski definition) is 2. The van der Waals surface area contributed by atoms with Gasteiger partial charge in [-0.2, -0.15) is 10.0 Å². The number of nitrogens with one attached hydrogen (secondary N) is 2. The van der Waals surface area contributed by atoms with Gasteiger partial charge in [0.25, 0.3) is 23.6 Å². The van der Waals surface area contributed by atoms with Gasteiger partial charge in [-0.15, -0.1) is 0 Å². The molecule has 0 unspecified atom stereocenters. The van der Waals surface area contributed by atoms with Crippen LogP contribution in [-0.4, -0.2) is 42.3 Å². The van der Waals surface area contributed by atoms with E-state index in [1.165, 1.54) is 0 Å². The summed E-state index contributed by atoms with van der Waals surface area (Å²) in [7, 11) is 0. The highest BCUT2D eigenvalue weighted by molar-refractivity contribution is 8.29. The maximum atomic E-state index is 13.0. The first-order valence-electron chi connectivity index (χ1n) is 9.79. The Morgan fingerprint density at radius 3 is 1.41 bits per heavy atom. The third-order valence-corrected chi connectivity index (χ3v) is 7.83. The lowest BCUT2D eigenvalue weighted by atomic mass is 10.1. The summed E-state index contributed by atoms with van der Waals surface area (Å²) < 4.78 is 0.132. The minimum Gasteiger partial charge on any atom is -0.267 e. The summed E-state index contributed by atoms with van der Waals surface area (Å²) in [5.41, 5.74) is 7.24. The standard InChI is InChI=1S/C22H16N4O4S4/c1-11-7-3-5-9-13(11)17(27)23-25-19(29)15(33-21(25)31)16-20(30)26(22(32)34-16)24-18(28)14-10-6-4-8-12(14)2/h3-10H,1-2H3,(H,23,27)(H,24,28). The van der Waals surface area contributed by atoms with E-state index >= 15 is 0 Å². The molecule has 0 atom stereocenters. The van der Waals surface area contributed by atoms with Crippen molar-refractivity contribution in [2.75, 3.05) is 0 Å². The predicted octanol–water partition coefficient (Wildman–Crippen LogP) is 3.23. The van der Waals surface area contributed by atoms with Gasteiger partial charge in [-0.05, 0) is 61.5 Å². The number of hydrazine groups is 2. The SMILES string of the molecule is Cc1ccccc1C(=O)NN1C(=O)C(=C2SC(=S)N(NC(=O)c3ccccc3C)C2=O)SC1=S. The van der Waals surface area contributed by atoms with Crippen molar-refractivity contribution in [3.05, 3.63) is 80.6 Å². The molecule has 0 bridgehead atoms. The molecule has 2 aromatic rings. The Hall–Kier alpha value is -3.06. The van der Waals surface area contributed by atoms with Gasteiger partial charge in [0.1, 0.15) is 9.81 Å². The number of carbonyl (C=O) groups excluding carboxylic acids is 4. The molecule has 8 nitrogen and oxygen atoms in total. The molecule has 2 fully saturated rings. The summed E-state index contributed by atoms with van der Waals surface area (Å²) in [4.78, 5) is 51.4. The van der Waals surface area contributed by atoms with Crippen LogP contribution in [0.5, 0.6) is 0 Å². The molecule has 2 aliphatic rings. The summed E-state index contributed by atoms with van der Waals surface area (Å²) in [6, 6.07) is 13.8. The van der Waals surface area contributed by atoms with E-state index in [1.807, 2.05) is 0 Å². The van der Waals surface area contributed by atoms with E-state index in [1.54, 1.807) is 62.4 Å². The van der Waals surface area contributed by atoms with Crippen molar-refractivity contribution < 1.29 is 19.2 Å². The fourth-order valence-electron chi connectivity index (χ4n) is 3.18. The minimum absolute atomic E-state index is 0.0278. The van der Waals surface area contributed by atoms with Gasteiger partial charge in [0.2, 0.25) is 0 Å². The molecule has 2 aliphatic heterocycles. The fraction of sp³-hybridized carbons (Fsp3) is 0.0909. The number of aryl methyl sites for hydroxylation is 2. The van der Waals surface area contributed by atoms with Crippen LogP contribution in [0.15, 0.2) is 58.3 Å². The Morgan fingerprint density at radius 1 is 0.706 bits per heavy atom. The number of benzene rings is 2. The molecule has 0 radical (unpaired) electrons. The monoisotopic (exact) mass is 528 g/mol. The Morgan fingerprint density at radius 2 is 1.06 bits per heavy atom. The lowest BCUT2D eigenvalue weighted by molar-refractivity contribution is -0.126. The van der Waals surface area contributed by atoms with E-state index in [9.17, 15) is 19.2 Å². The van der Waals surface area contributed by atoms with Gasteiger partial charge in [-0.25, -0.2) is 0 Å². The van der Waals surface area contributed by atoms with Crippen LogP contribution in [0.4, 0.5) is 0 Å². The van der Waals surface area contributed by atoms with Crippen molar-refractivity contribution >= 4 is 80.2 Å². The molecule has 0 spiro atoms. The summed E-state index contributed by atoms with van der Waals surface area (Å²) in [5, 5.41) is 1.87. The van der Waals surface area contributed by atoms with Crippen molar-refractivity contribution in [3.63, 3.8) is 0 Å². The van der Waals surface area contributed by atoms with E-state index in [2.05, 4.69) is 10.9 Å². The van der Waals surface area contributed by atoms with Crippen LogP contribution in [0.1, 0.15) is 31.8 Å². The molecule has 2 saturated heterocycles. The van der Waals surface area contributed by atoms with Crippen LogP contribution in [0.3, 0.4) is 0 Å². The van der Waals surface area contributed by atoms with E-state index in [-0.39, 0.29) is 18.5 Å². The first-order chi connectivity index (χ1) is 16.2. The zero-order valence-electron chi connectivity index (χ0n) is 17.8. The number of hydrogen-bond acceptors (Lipinski definition) is 8. The molecule has 2 heterocycles. The Labute approximate surface area is 214 Å².